The van der Waals surface area contributed by atoms with Crippen molar-refractivity contribution in [3.8, 4) is 0 Å². The number of nitrogens with one attached hydrogen (secondary N) is 3. The molecule has 2 aromatic rings. The van der Waals surface area contributed by atoms with E-state index < -0.39 is 4.92 Å². The number of aromatic amines is 1. The zero-order valence-corrected chi connectivity index (χ0v) is 11.5. The highest BCUT2D eigenvalue weighted by molar-refractivity contribution is 7.07. The van der Waals surface area contributed by atoms with Crippen LogP contribution in [0.2, 0.25) is 0 Å². The van der Waals surface area contributed by atoms with Crippen molar-refractivity contribution < 1.29 is 4.92 Å². The molecule has 2 rings (SSSR count). The fourth-order valence-electron chi connectivity index (χ4n) is 1.59. The molecule has 3 N–H and O–H groups in total. The maximum absolute atomic E-state index is 11.0. The van der Waals surface area contributed by atoms with Crippen LogP contribution in [-0.4, -0.2) is 21.4 Å². The van der Waals surface area contributed by atoms with Crippen molar-refractivity contribution in [2.24, 2.45) is 0 Å². The lowest BCUT2D eigenvalue weighted by Crippen LogP contribution is -2.08. The SMILES string of the molecule is CCNc1ccc([N+](=O)[O-])c(NCc2csc(=O)[nH]2)n1. The Morgan fingerprint density at radius 2 is 2.25 bits per heavy atom. The molecule has 0 aliphatic heterocycles. The van der Waals surface area contributed by atoms with Gasteiger partial charge in [-0.2, -0.15) is 0 Å². The first kappa shape index (κ1) is 14.0. The highest BCUT2D eigenvalue weighted by Crippen LogP contribution is 2.24. The van der Waals surface area contributed by atoms with E-state index in [1.54, 1.807) is 11.4 Å². The predicted octanol–water partition coefficient (Wildman–Crippen LogP) is 1.78. The van der Waals surface area contributed by atoms with Gasteiger partial charge in [-0.15, -0.1) is 0 Å². The summed E-state index contributed by atoms with van der Waals surface area (Å²) in [6.07, 6.45) is 0. The molecular formula is C11H13N5O3S. The minimum absolute atomic E-state index is 0.107. The molecule has 0 saturated carbocycles. The van der Waals surface area contributed by atoms with Gasteiger partial charge < -0.3 is 15.6 Å². The molecule has 0 fully saturated rings. The summed E-state index contributed by atoms with van der Waals surface area (Å²) in [7, 11) is 0. The third kappa shape index (κ3) is 3.32. The van der Waals surface area contributed by atoms with Crippen LogP contribution in [0.15, 0.2) is 22.3 Å². The van der Waals surface area contributed by atoms with Gasteiger partial charge in [0, 0.05) is 23.7 Å². The van der Waals surface area contributed by atoms with Crippen LogP contribution in [0.25, 0.3) is 0 Å². The van der Waals surface area contributed by atoms with Gasteiger partial charge in [-0.3, -0.25) is 14.9 Å². The first-order valence-electron chi connectivity index (χ1n) is 5.90. The molecule has 0 radical (unpaired) electrons. The number of anilines is 2. The van der Waals surface area contributed by atoms with Gasteiger partial charge in [0.2, 0.25) is 5.82 Å². The highest BCUT2D eigenvalue weighted by Gasteiger charge is 2.15. The molecule has 0 saturated heterocycles. The Morgan fingerprint density at radius 3 is 2.85 bits per heavy atom. The Bertz CT molecular complexity index is 666. The van der Waals surface area contributed by atoms with Crippen molar-refractivity contribution in [3.05, 3.63) is 43.0 Å². The van der Waals surface area contributed by atoms with Crippen molar-refractivity contribution in [3.63, 3.8) is 0 Å². The monoisotopic (exact) mass is 295 g/mol. The molecule has 20 heavy (non-hydrogen) atoms. The lowest BCUT2D eigenvalue weighted by atomic mass is 10.3. The van der Waals surface area contributed by atoms with Crippen LogP contribution in [0.5, 0.6) is 0 Å². The van der Waals surface area contributed by atoms with Crippen molar-refractivity contribution in [1.82, 2.24) is 9.97 Å². The van der Waals surface area contributed by atoms with Crippen molar-refractivity contribution in [2.45, 2.75) is 13.5 Å². The quantitative estimate of drug-likeness (QED) is 0.553. The summed E-state index contributed by atoms with van der Waals surface area (Å²) in [5, 5.41) is 18.5. The molecule has 0 spiro atoms. The first-order valence-corrected chi connectivity index (χ1v) is 6.78. The molecule has 0 aliphatic rings. The minimum atomic E-state index is -0.499. The lowest BCUT2D eigenvalue weighted by molar-refractivity contribution is -0.384. The van der Waals surface area contributed by atoms with Gasteiger partial charge in [-0.05, 0) is 13.0 Å². The van der Waals surface area contributed by atoms with Crippen molar-refractivity contribution in [2.75, 3.05) is 17.2 Å². The van der Waals surface area contributed by atoms with E-state index in [0.29, 0.717) is 18.1 Å². The number of aromatic nitrogens is 2. The number of rotatable bonds is 6. The summed E-state index contributed by atoms with van der Waals surface area (Å²) in [4.78, 5) is 28.1. The molecule has 9 heteroatoms. The van der Waals surface area contributed by atoms with Crippen LogP contribution in [0, 0.1) is 10.1 Å². The van der Waals surface area contributed by atoms with E-state index >= 15 is 0 Å². The van der Waals surface area contributed by atoms with Crippen molar-refractivity contribution >= 4 is 28.7 Å². The molecular weight excluding hydrogens is 282 g/mol. The smallest absolute Gasteiger partial charge is 0.311 e. The zero-order valence-electron chi connectivity index (χ0n) is 10.7. The molecule has 2 aromatic heterocycles. The molecule has 0 aliphatic carbocycles. The Kier molecular flexibility index (Phi) is 4.31. The normalized spacial score (nSPS) is 10.2. The number of H-pyrrole nitrogens is 1. The average molecular weight is 295 g/mol. The van der Waals surface area contributed by atoms with Gasteiger partial charge in [0.1, 0.15) is 5.82 Å². The Balaban J connectivity index is 2.20. The number of thiazole rings is 1. The highest BCUT2D eigenvalue weighted by atomic mass is 32.1. The Labute approximate surface area is 118 Å². The summed E-state index contributed by atoms with van der Waals surface area (Å²) in [5.41, 5.74) is 0.550. The zero-order chi connectivity index (χ0) is 14.5. The second kappa shape index (κ2) is 6.15. The van der Waals surface area contributed by atoms with Crippen LogP contribution in [0.3, 0.4) is 0 Å². The number of hydrogen-bond acceptors (Lipinski definition) is 7. The largest absolute Gasteiger partial charge is 0.370 e. The number of nitro groups is 1. The number of pyridine rings is 1. The molecule has 0 aromatic carbocycles. The molecule has 8 nitrogen and oxygen atoms in total. The van der Waals surface area contributed by atoms with E-state index in [1.165, 1.54) is 6.07 Å². The third-order valence-corrected chi connectivity index (χ3v) is 3.16. The summed E-state index contributed by atoms with van der Waals surface area (Å²) in [6, 6.07) is 2.95. The lowest BCUT2D eigenvalue weighted by Gasteiger charge is -2.08. The van der Waals surface area contributed by atoms with Gasteiger partial charge in [0.05, 0.1) is 11.5 Å². The maximum Gasteiger partial charge on any atom is 0.311 e. The van der Waals surface area contributed by atoms with E-state index in [0.717, 1.165) is 11.3 Å². The fourth-order valence-corrected chi connectivity index (χ4v) is 2.17. The van der Waals surface area contributed by atoms with Gasteiger partial charge in [-0.1, -0.05) is 11.3 Å². The molecule has 0 amide bonds. The van der Waals surface area contributed by atoms with Crippen molar-refractivity contribution in [1.29, 1.82) is 0 Å². The molecule has 0 unspecified atom stereocenters. The van der Waals surface area contributed by atoms with Crippen LogP contribution in [0.1, 0.15) is 12.6 Å². The number of nitrogens with zero attached hydrogens (tertiary/aromatic N) is 2. The van der Waals surface area contributed by atoms with Gasteiger partial charge in [0.15, 0.2) is 0 Å². The van der Waals surface area contributed by atoms with Crippen LogP contribution in [-0.2, 0) is 6.54 Å². The molecule has 106 valence electrons. The van der Waals surface area contributed by atoms with E-state index in [1.807, 2.05) is 6.92 Å². The van der Waals surface area contributed by atoms with E-state index in [4.69, 9.17) is 0 Å². The van der Waals surface area contributed by atoms with E-state index in [9.17, 15) is 14.9 Å². The van der Waals surface area contributed by atoms with Crippen LogP contribution >= 0.6 is 11.3 Å². The molecule has 0 atom stereocenters. The Morgan fingerprint density at radius 1 is 1.45 bits per heavy atom. The maximum atomic E-state index is 11.0. The van der Waals surface area contributed by atoms with E-state index in [2.05, 4.69) is 20.6 Å². The molecule has 2 heterocycles. The fraction of sp³-hybridized carbons (Fsp3) is 0.273. The summed E-state index contributed by atoms with van der Waals surface area (Å²) in [5.74, 6) is 0.722. The van der Waals surface area contributed by atoms with Gasteiger partial charge in [-0.25, -0.2) is 4.98 Å². The minimum Gasteiger partial charge on any atom is -0.370 e. The second-order valence-corrected chi connectivity index (χ2v) is 4.72. The predicted molar refractivity (Wildman–Crippen MR) is 77.3 cm³/mol. The van der Waals surface area contributed by atoms with Crippen LogP contribution < -0.4 is 15.5 Å². The van der Waals surface area contributed by atoms with Crippen LogP contribution in [0.4, 0.5) is 17.3 Å². The Hall–Kier alpha value is -2.42. The standard InChI is InChI=1S/C11H13N5O3S/c1-2-12-9-4-3-8(16(18)19)10(15-9)13-5-7-6-20-11(17)14-7/h3-4,6H,2,5H2,1H3,(H,14,17)(H2,12,13,15). The summed E-state index contributed by atoms with van der Waals surface area (Å²) in [6.45, 7) is 2.84. The van der Waals surface area contributed by atoms with Gasteiger partial charge >= 0.3 is 10.6 Å². The third-order valence-electron chi connectivity index (χ3n) is 2.45. The summed E-state index contributed by atoms with van der Waals surface area (Å²) < 4.78 is 0. The topological polar surface area (TPSA) is 113 Å². The summed E-state index contributed by atoms with van der Waals surface area (Å²) >= 11 is 1.04. The number of hydrogen-bond donors (Lipinski definition) is 3. The van der Waals surface area contributed by atoms with Gasteiger partial charge in [0.25, 0.3) is 0 Å². The second-order valence-electron chi connectivity index (χ2n) is 3.88. The molecule has 0 bridgehead atoms. The first-order chi connectivity index (χ1) is 9.60. The van der Waals surface area contributed by atoms with E-state index in [-0.39, 0.29) is 22.9 Å². The average Bonchev–Trinajstić information content (AvgIpc) is 2.82.